The Balaban J connectivity index is 2.78. The van der Waals surface area contributed by atoms with Crippen LogP contribution in [0.4, 0.5) is 0 Å². The molecule has 0 unspecified atom stereocenters. The number of benzene rings is 1. The first-order chi connectivity index (χ1) is 9.58. The summed E-state index contributed by atoms with van der Waals surface area (Å²) in [6.07, 6.45) is 1.36. The highest BCUT2D eigenvalue weighted by Crippen LogP contribution is 2.32. The molecule has 0 amide bonds. The molecule has 2 rings (SSSR count). The number of nitriles is 1. The lowest BCUT2D eigenvalue weighted by Crippen LogP contribution is -2.16. The van der Waals surface area contributed by atoms with Crippen LogP contribution < -0.4 is 10.3 Å². The number of rotatable bonds is 3. The highest BCUT2D eigenvalue weighted by molar-refractivity contribution is 5.71. The van der Waals surface area contributed by atoms with Crippen molar-refractivity contribution in [3.8, 4) is 23.1 Å². The van der Waals surface area contributed by atoms with Gasteiger partial charge in [-0.3, -0.25) is 4.79 Å². The van der Waals surface area contributed by atoms with Gasteiger partial charge in [0, 0.05) is 11.1 Å². The van der Waals surface area contributed by atoms with E-state index in [-0.39, 0.29) is 11.5 Å². The third-order valence-corrected chi connectivity index (χ3v) is 3.05. The highest BCUT2D eigenvalue weighted by atomic mass is 16.5. The number of nitrogens with zero attached hydrogens (tertiary/aromatic N) is 2. The van der Waals surface area contributed by atoms with Crippen LogP contribution >= 0.6 is 0 Å². The Morgan fingerprint density at radius 3 is 2.75 bits per heavy atom. The molecule has 1 N–H and O–H groups in total. The molecule has 0 spiro atoms. The lowest BCUT2D eigenvalue weighted by Gasteiger charge is -2.13. The molecular formula is C15H15N3O2. The molecule has 5 heteroatoms. The Bertz CT molecular complexity index is 727. The standard InChI is InChI=1S/C15H15N3O2/c1-9(2)13-14(17-8-18-15(13)19)11-6-10(7-16)4-5-12(11)20-3/h4-6,8-9H,1-3H3,(H,17,18,19). The van der Waals surface area contributed by atoms with E-state index >= 15 is 0 Å². The van der Waals surface area contributed by atoms with Gasteiger partial charge in [0.1, 0.15) is 5.75 Å². The molecule has 1 aromatic heterocycles. The number of H-pyrrole nitrogens is 1. The highest BCUT2D eigenvalue weighted by Gasteiger charge is 2.17. The molecular weight excluding hydrogens is 254 g/mol. The number of hydrogen-bond donors (Lipinski definition) is 1. The van der Waals surface area contributed by atoms with Gasteiger partial charge >= 0.3 is 0 Å². The molecule has 0 saturated carbocycles. The van der Waals surface area contributed by atoms with Gasteiger partial charge < -0.3 is 9.72 Å². The molecule has 20 heavy (non-hydrogen) atoms. The van der Waals surface area contributed by atoms with Crippen LogP contribution in [0.5, 0.6) is 5.75 Å². The molecule has 1 heterocycles. The van der Waals surface area contributed by atoms with Gasteiger partial charge in [0.05, 0.1) is 30.8 Å². The lowest BCUT2D eigenvalue weighted by molar-refractivity contribution is 0.416. The zero-order valence-corrected chi connectivity index (χ0v) is 11.6. The summed E-state index contributed by atoms with van der Waals surface area (Å²) in [5, 5.41) is 9.03. The van der Waals surface area contributed by atoms with E-state index in [0.717, 1.165) is 0 Å². The van der Waals surface area contributed by atoms with Crippen LogP contribution in [-0.4, -0.2) is 17.1 Å². The summed E-state index contributed by atoms with van der Waals surface area (Å²) in [5.41, 5.74) is 2.12. The Morgan fingerprint density at radius 1 is 1.40 bits per heavy atom. The Morgan fingerprint density at radius 2 is 2.15 bits per heavy atom. The van der Waals surface area contributed by atoms with E-state index in [2.05, 4.69) is 16.0 Å². The number of hydrogen-bond acceptors (Lipinski definition) is 4. The molecule has 0 saturated heterocycles. The van der Waals surface area contributed by atoms with Crippen molar-refractivity contribution < 1.29 is 4.74 Å². The second-order valence-corrected chi connectivity index (χ2v) is 4.68. The van der Waals surface area contributed by atoms with Crippen molar-refractivity contribution in [1.29, 1.82) is 5.26 Å². The minimum Gasteiger partial charge on any atom is -0.496 e. The third kappa shape index (κ3) is 2.41. The fourth-order valence-corrected chi connectivity index (χ4v) is 2.12. The number of aromatic amines is 1. The number of aromatic nitrogens is 2. The van der Waals surface area contributed by atoms with Gasteiger partial charge in [0.25, 0.3) is 5.56 Å². The Kier molecular flexibility index (Phi) is 3.85. The number of methoxy groups -OCH3 is 1. The average Bonchev–Trinajstić information content (AvgIpc) is 2.45. The van der Waals surface area contributed by atoms with Gasteiger partial charge in [0.2, 0.25) is 0 Å². The van der Waals surface area contributed by atoms with Gasteiger partial charge in [-0.15, -0.1) is 0 Å². The van der Waals surface area contributed by atoms with Crippen molar-refractivity contribution in [2.24, 2.45) is 0 Å². The van der Waals surface area contributed by atoms with Crippen molar-refractivity contribution in [3.05, 3.63) is 46.0 Å². The molecule has 0 aliphatic rings. The molecule has 0 radical (unpaired) electrons. The summed E-state index contributed by atoms with van der Waals surface area (Å²) in [7, 11) is 1.55. The zero-order valence-electron chi connectivity index (χ0n) is 11.6. The Hall–Kier alpha value is -2.61. The molecule has 102 valence electrons. The summed E-state index contributed by atoms with van der Waals surface area (Å²) in [5.74, 6) is 0.599. The van der Waals surface area contributed by atoms with Crippen molar-refractivity contribution in [2.75, 3.05) is 7.11 Å². The minimum absolute atomic E-state index is 0.0119. The van der Waals surface area contributed by atoms with Crippen molar-refractivity contribution in [3.63, 3.8) is 0 Å². The summed E-state index contributed by atoms with van der Waals surface area (Å²) >= 11 is 0. The molecule has 5 nitrogen and oxygen atoms in total. The van der Waals surface area contributed by atoms with Crippen LogP contribution in [0.2, 0.25) is 0 Å². The quantitative estimate of drug-likeness (QED) is 0.928. The maximum absolute atomic E-state index is 12.0. The largest absolute Gasteiger partial charge is 0.496 e. The van der Waals surface area contributed by atoms with Crippen LogP contribution in [0, 0.1) is 11.3 Å². The molecule has 1 aromatic carbocycles. The van der Waals surface area contributed by atoms with E-state index in [9.17, 15) is 4.79 Å². The molecule has 0 aliphatic heterocycles. The monoisotopic (exact) mass is 269 g/mol. The second kappa shape index (κ2) is 5.57. The van der Waals surface area contributed by atoms with E-state index < -0.39 is 0 Å². The summed E-state index contributed by atoms with van der Waals surface area (Å²) in [4.78, 5) is 18.9. The first-order valence-electron chi connectivity index (χ1n) is 6.24. The third-order valence-electron chi connectivity index (χ3n) is 3.05. The average molecular weight is 269 g/mol. The van der Waals surface area contributed by atoms with Gasteiger partial charge in [0.15, 0.2) is 0 Å². The Labute approximate surface area is 116 Å². The van der Waals surface area contributed by atoms with Crippen molar-refractivity contribution in [1.82, 2.24) is 9.97 Å². The van der Waals surface area contributed by atoms with Gasteiger partial charge in [-0.25, -0.2) is 4.98 Å². The van der Waals surface area contributed by atoms with Crippen molar-refractivity contribution in [2.45, 2.75) is 19.8 Å². The number of nitrogens with one attached hydrogen (secondary N) is 1. The maximum Gasteiger partial charge on any atom is 0.254 e. The SMILES string of the molecule is COc1ccc(C#N)cc1-c1nc[nH]c(=O)c1C(C)C. The van der Waals surface area contributed by atoms with Gasteiger partial charge in [-0.1, -0.05) is 13.8 Å². The van der Waals surface area contributed by atoms with Gasteiger partial charge in [-0.05, 0) is 24.1 Å². The summed E-state index contributed by atoms with van der Waals surface area (Å²) < 4.78 is 5.31. The molecule has 0 atom stereocenters. The number of ether oxygens (including phenoxy) is 1. The van der Waals surface area contributed by atoms with Crippen LogP contribution in [-0.2, 0) is 0 Å². The van der Waals surface area contributed by atoms with E-state index in [4.69, 9.17) is 10.00 Å². The lowest BCUT2D eigenvalue weighted by atomic mass is 9.97. The fraction of sp³-hybridized carbons (Fsp3) is 0.267. The predicted octanol–water partition coefficient (Wildman–Crippen LogP) is 2.44. The molecule has 2 aromatic rings. The minimum atomic E-state index is -0.172. The first-order valence-corrected chi connectivity index (χ1v) is 6.24. The predicted molar refractivity (Wildman–Crippen MR) is 75.6 cm³/mol. The van der Waals surface area contributed by atoms with Crippen LogP contribution in [0.1, 0.15) is 30.9 Å². The van der Waals surface area contributed by atoms with E-state index in [1.807, 2.05) is 13.8 Å². The smallest absolute Gasteiger partial charge is 0.254 e. The summed E-state index contributed by atoms with van der Waals surface area (Å²) in [6, 6.07) is 7.15. The fourth-order valence-electron chi connectivity index (χ4n) is 2.12. The topological polar surface area (TPSA) is 78.8 Å². The molecule has 0 fully saturated rings. The van der Waals surface area contributed by atoms with Crippen molar-refractivity contribution >= 4 is 0 Å². The van der Waals surface area contributed by atoms with E-state index in [1.54, 1.807) is 25.3 Å². The second-order valence-electron chi connectivity index (χ2n) is 4.68. The molecule has 0 bridgehead atoms. The van der Waals surface area contributed by atoms with E-state index in [0.29, 0.717) is 28.1 Å². The zero-order chi connectivity index (χ0) is 14.7. The van der Waals surface area contributed by atoms with Gasteiger partial charge in [-0.2, -0.15) is 5.26 Å². The van der Waals surface area contributed by atoms with Crippen LogP contribution in [0.25, 0.3) is 11.3 Å². The van der Waals surface area contributed by atoms with Crippen LogP contribution in [0.15, 0.2) is 29.3 Å². The molecule has 0 aliphatic carbocycles. The normalized spacial score (nSPS) is 10.3. The maximum atomic E-state index is 12.0. The van der Waals surface area contributed by atoms with Crippen LogP contribution in [0.3, 0.4) is 0 Å². The summed E-state index contributed by atoms with van der Waals surface area (Å²) in [6.45, 7) is 3.85. The first kappa shape index (κ1) is 13.8. The van der Waals surface area contributed by atoms with E-state index in [1.165, 1.54) is 6.33 Å².